The highest BCUT2D eigenvalue weighted by atomic mass is 19.3. The van der Waals surface area contributed by atoms with Gasteiger partial charge in [-0.1, -0.05) is 6.92 Å². The Balaban J connectivity index is 2.31. The standard InChI is InChI=1S/C7H12F2O/c1-2-6-3-4-7(8,9)5-10-6/h6H,2-5H2,1H3. The topological polar surface area (TPSA) is 9.23 Å². The summed E-state index contributed by atoms with van der Waals surface area (Å²) in [5, 5.41) is 0. The van der Waals surface area contributed by atoms with Gasteiger partial charge in [0.25, 0.3) is 5.92 Å². The van der Waals surface area contributed by atoms with Gasteiger partial charge in [-0.05, 0) is 12.8 Å². The minimum Gasteiger partial charge on any atom is -0.372 e. The highest BCUT2D eigenvalue weighted by Crippen LogP contribution is 2.28. The Morgan fingerprint density at radius 1 is 1.60 bits per heavy atom. The Morgan fingerprint density at radius 2 is 2.30 bits per heavy atom. The number of halogens is 2. The van der Waals surface area contributed by atoms with E-state index in [1.54, 1.807) is 0 Å². The van der Waals surface area contributed by atoms with Gasteiger partial charge in [0.05, 0.1) is 6.10 Å². The summed E-state index contributed by atoms with van der Waals surface area (Å²) >= 11 is 0. The monoisotopic (exact) mass is 150 g/mol. The summed E-state index contributed by atoms with van der Waals surface area (Å²) < 4.78 is 29.7. The molecular formula is C7H12F2O. The van der Waals surface area contributed by atoms with Gasteiger partial charge in [0.1, 0.15) is 6.61 Å². The van der Waals surface area contributed by atoms with E-state index in [0.717, 1.165) is 6.42 Å². The zero-order valence-electron chi connectivity index (χ0n) is 6.07. The predicted octanol–water partition coefficient (Wildman–Crippen LogP) is 2.21. The van der Waals surface area contributed by atoms with Crippen molar-refractivity contribution in [1.82, 2.24) is 0 Å². The maximum atomic E-state index is 12.4. The van der Waals surface area contributed by atoms with Crippen LogP contribution >= 0.6 is 0 Å². The van der Waals surface area contributed by atoms with E-state index in [-0.39, 0.29) is 19.1 Å². The maximum absolute atomic E-state index is 12.4. The number of rotatable bonds is 1. The molecule has 1 rings (SSSR count). The summed E-state index contributed by atoms with van der Waals surface area (Å²) in [4.78, 5) is 0. The molecular weight excluding hydrogens is 138 g/mol. The van der Waals surface area contributed by atoms with Crippen LogP contribution in [-0.2, 0) is 4.74 Å². The SMILES string of the molecule is CCC1CCC(F)(F)CO1. The van der Waals surface area contributed by atoms with Gasteiger partial charge >= 0.3 is 0 Å². The van der Waals surface area contributed by atoms with Crippen LogP contribution in [0.15, 0.2) is 0 Å². The normalized spacial score (nSPS) is 32.1. The van der Waals surface area contributed by atoms with Gasteiger partial charge < -0.3 is 4.74 Å². The smallest absolute Gasteiger partial charge is 0.271 e. The van der Waals surface area contributed by atoms with E-state index in [1.165, 1.54) is 0 Å². The molecule has 0 bridgehead atoms. The van der Waals surface area contributed by atoms with Crippen LogP contribution < -0.4 is 0 Å². The molecule has 1 aliphatic heterocycles. The lowest BCUT2D eigenvalue weighted by Crippen LogP contribution is -2.34. The third-order valence-corrected chi connectivity index (χ3v) is 1.82. The van der Waals surface area contributed by atoms with E-state index < -0.39 is 5.92 Å². The highest BCUT2D eigenvalue weighted by molar-refractivity contribution is 4.74. The summed E-state index contributed by atoms with van der Waals surface area (Å²) in [5.74, 6) is -2.56. The van der Waals surface area contributed by atoms with Crippen LogP contribution in [0.4, 0.5) is 8.78 Å². The van der Waals surface area contributed by atoms with Crippen molar-refractivity contribution in [3.8, 4) is 0 Å². The first-order chi connectivity index (χ1) is 4.64. The molecule has 0 aromatic carbocycles. The van der Waals surface area contributed by atoms with Crippen molar-refractivity contribution in [1.29, 1.82) is 0 Å². The minimum absolute atomic E-state index is 0.00843. The molecule has 0 saturated carbocycles. The van der Waals surface area contributed by atoms with Crippen molar-refractivity contribution < 1.29 is 13.5 Å². The van der Waals surface area contributed by atoms with Crippen LogP contribution in [0, 0.1) is 0 Å². The fraction of sp³-hybridized carbons (Fsp3) is 1.00. The average Bonchev–Trinajstić information content (AvgIpc) is 1.88. The fourth-order valence-electron chi connectivity index (χ4n) is 1.09. The summed E-state index contributed by atoms with van der Waals surface area (Å²) in [7, 11) is 0. The second-order valence-electron chi connectivity index (χ2n) is 2.74. The molecule has 0 aliphatic carbocycles. The number of ether oxygens (including phenoxy) is 1. The van der Waals surface area contributed by atoms with Crippen LogP contribution in [-0.4, -0.2) is 18.6 Å². The lowest BCUT2D eigenvalue weighted by Gasteiger charge is -2.27. The number of hydrogen-bond acceptors (Lipinski definition) is 1. The molecule has 1 heterocycles. The lowest BCUT2D eigenvalue weighted by molar-refractivity contribution is -0.143. The second kappa shape index (κ2) is 2.82. The number of hydrogen-bond donors (Lipinski definition) is 0. The van der Waals surface area contributed by atoms with Crippen LogP contribution in [0.25, 0.3) is 0 Å². The molecule has 0 spiro atoms. The van der Waals surface area contributed by atoms with Crippen LogP contribution in [0.2, 0.25) is 0 Å². The molecule has 1 saturated heterocycles. The van der Waals surface area contributed by atoms with Crippen molar-refractivity contribution in [2.24, 2.45) is 0 Å². The zero-order chi connectivity index (χ0) is 7.61. The first kappa shape index (κ1) is 7.92. The lowest BCUT2D eigenvalue weighted by atomic mass is 10.0. The quantitative estimate of drug-likeness (QED) is 0.556. The molecule has 0 aromatic heterocycles. The Morgan fingerprint density at radius 3 is 2.70 bits per heavy atom. The predicted molar refractivity (Wildman–Crippen MR) is 34.2 cm³/mol. The summed E-state index contributed by atoms with van der Waals surface area (Å²) in [5.41, 5.74) is 0. The van der Waals surface area contributed by atoms with E-state index in [9.17, 15) is 8.78 Å². The summed E-state index contributed by atoms with van der Waals surface area (Å²) in [6, 6.07) is 0. The van der Waals surface area contributed by atoms with Gasteiger partial charge in [0.2, 0.25) is 0 Å². The third-order valence-electron chi connectivity index (χ3n) is 1.82. The molecule has 0 radical (unpaired) electrons. The number of alkyl halides is 2. The molecule has 10 heavy (non-hydrogen) atoms. The average molecular weight is 150 g/mol. The molecule has 60 valence electrons. The van der Waals surface area contributed by atoms with Crippen LogP contribution in [0.5, 0.6) is 0 Å². The molecule has 1 nitrogen and oxygen atoms in total. The van der Waals surface area contributed by atoms with Gasteiger partial charge in [-0.3, -0.25) is 0 Å². The second-order valence-corrected chi connectivity index (χ2v) is 2.74. The van der Waals surface area contributed by atoms with Gasteiger partial charge in [0.15, 0.2) is 0 Å². The Hall–Kier alpha value is -0.180. The molecule has 0 amide bonds. The van der Waals surface area contributed by atoms with E-state index in [0.29, 0.717) is 6.42 Å². The fourth-order valence-corrected chi connectivity index (χ4v) is 1.09. The van der Waals surface area contributed by atoms with E-state index in [4.69, 9.17) is 4.74 Å². The minimum atomic E-state index is -2.56. The zero-order valence-corrected chi connectivity index (χ0v) is 6.07. The highest BCUT2D eigenvalue weighted by Gasteiger charge is 2.34. The molecule has 1 atom stereocenters. The van der Waals surface area contributed by atoms with Crippen molar-refractivity contribution in [3.05, 3.63) is 0 Å². The van der Waals surface area contributed by atoms with Gasteiger partial charge in [-0.25, -0.2) is 8.78 Å². The molecule has 1 unspecified atom stereocenters. The molecule has 1 fully saturated rings. The van der Waals surface area contributed by atoms with Crippen molar-refractivity contribution >= 4 is 0 Å². The van der Waals surface area contributed by atoms with E-state index in [2.05, 4.69) is 0 Å². The molecule has 0 aromatic rings. The largest absolute Gasteiger partial charge is 0.372 e. The Kier molecular flexibility index (Phi) is 2.24. The van der Waals surface area contributed by atoms with Gasteiger partial charge in [-0.15, -0.1) is 0 Å². The van der Waals surface area contributed by atoms with Crippen molar-refractivity contribution in [3.63, 3.8) is 0 Å². The van der Waals surface area contributed by atoms with Gasteiger partial charge in [-0.2, -0.15) is 0 Å². The Labute approximate surface area is 59.4 Å². The molecule has 3 heteroatoms. The third kappa shape index (κ3) is 1.90. The molecule has 0 N–H and O–H groups in total. The first-order valence-electron chi connectivity index (χ1n) is 3.63. The molecule has 1 aliphatic rings. The maximum Gasteiger partial charge on any atom is 0.271 e. The first-order valence-corrected chi connectivity index (χ1v) is 3.63. The van der Waals surface area contributed by atoms with Crippen molar-refractivity contribution in [2.75, 3.05) is 6.61 Å². The summed E-state index contributed by atoms with van der Waals surface area (Å²) in [6.07, 6.45) is 1.41. The van der Waals surface area contributed by atoms with Crippen LogP contribution in [0.1, 0.15) is 26.2 Å². The van der Waals surface area contributed by atoms with Crippen LogP contribution in [0.3, 0.4) is 0 Å². The van der Waals surface area contributed by atoms with Crippen molar-refractivity contribution in [2.45, 2.75) is 38.2 Å². The van der Waals surface area contributed by atoms with Gasteiger partial charge in [0, 0.05) is 6.42 Å². The Bertz CT molecular complexity index is 104. The van der Waals surface area contributed by atoms with E-state index >= 15 is 0 Å². The van der Waals surface area contributed by atoms with E-state index in [1.807, 2.05) is 6.92 Å². The summed E-state index contributed by atoms with van der Waals surface area (Å²) in [6.45, 7) is 1.57.